The van der Waals surface area contributed by atoms with Gasteiger partial charge in [0.05, 0.1) is 29.0 Å². The molecule has 3 heterocycles. The van der Waals surface area contributed by atoms with Crippen LogP contribution in [-0.4, -0.2) is 61.2 Å². The molecule has 0 spiro atoms. The van der Waals surface area contributed by atoms with Gasteiger partial charge in [-0.1, -0.05) is 17.7 Å². The maximum absolute atomic E-state index is 13.9. The minimum Gasteiger partial charge on any atom is -0.368 e. The highest BCUT2D eigenvalue weighted by Gasteiger charge is 2.39. The molecule has 1 amide bonds. The molecule has 5 rings (SSSR count). The summed E-state index contributed by atoms with van der Waals surface area (Å²) in [5.41, 5.74) is 5.21. The first-order valence-electron chi connectivity index (χ1n) is 12.6. The summed E-state index contributed by atoms with van der Waals surface area (Å²) in [7, 11) is 1.78. The molecule has 0 aliphatic carbocycles. The standard InChI is InChI=1S/C26H32ClF3N6O/c1-16-15-34(11-12-35(16)25(37)23-5-4-10-31-23)19-7-9-22-24(14-19)36(33(3)32-22)17(2)20-8-6-18(27)13-21(20)26(28,29)30/h6-9,13-14,16-17,23,31-32H,4-5,10-12,15H2,1-3H3. The fourth-order valence-electron chi connectivity index (χ4n) is 5.74. The van der Waals surface area contributed by atoms with Crippen molar-refractivity contribution in [2.45, 2.75) is 51.0 Å². The van der Waals surface area contributed by atoms with E-state index in [1.807, 2.05) is 28.1 Å². The number of nitrogens with one attached hydrogen (secondary N) is 2. The molecule has 0 saturated carbocycles. The van der Waals surface area contributed by atoms with Crippen molar-refractivity contribution in [3.05, 3.63) is 52.5 Å². The summed E-state index contributed by atoms with van der Waals surface area (Å²) >= 11 is 5.91. The van der Waals surface area contributed by atoms with Crippen molar-refractivity contribution in [3.8, 4) is 0 Å². The monoisotopic (exact) mass is 536 g/mol. The van der Waals surface area contributed by atoms with E-state index in [0.29, 0.717) is 19.6 Å². The highest BCUT2D eigenvalue weighted by Crippen LogP contribution is 2.44. The van der Waals surface area contributed by atoms with Crippen molar-refractivity contribution in [1.29, 1.82) is 0 Å². The molecule has 2 aromatic carbocycles. The first kappa shape index (κ1) is 25.9. The number of fused-ring (bicyclic) bond motifs is 1. The topological polar surface area (TPSA) is 54.1 Å². The lowest BCUT2D eigenvalue weighted by atomic mass is 10.00. The zero-order chi connectivity index (χ0) is 26.5. The van der Waals surface area contributed by atoms with Crippen LogP contribution in [0.5, 0.6) is 0 Å². The van der Waals surface area contributed by atoms with Gasteiger partial charge >= 0.3 is 6.18 Å². The van der Waals surface area contributed by atoms with Crippen molar-refractivity contribution in [1.82, 2.24) is 15.3 Å². The number of benzene rings is 2. The normalized spacial score (nSPS) is 23.3. The second-order valence-corrected chi connectivity index (χ2v) is 10.5. The van der Waals surface area contributed by atoms with Crippen LogP contribution >= 0.6 is 11.6 Å². The molecule has 2 saturated heterocycles. The van der Waals surface area contributed by atoms with Gasteiger partial charge in [0.15, 0.2) is 0 Å². The minimum absolute atomic E-state index is 0.0503. The number of nitrogens with zero attached hydrogens (tertiary/aromatic N) is 4. The van der Waals surface area contributed by atoms with E-state index in [4.69, 9.17) is 11.6 Å². The Morgan fingerprint density at radius 3 is 2.62 bits per heavy atom. The van der Waals surface area contributed by atoms with Gasteiger partial charge in [-0.05, 0) is 69.1 Å². The van der Waals surface area contributed by atoms with Crippen molar-refractivity contribution in [2.24, 2.45) is 0 Å². The van der Waals surface area contributed by atoms with Gasteiger partial charge in [-0.25, -0.2) is 0 Å². The van der Waals surface area contributed by atoms with Crippen LogP contribution in [0.4, 0.5) is 30.2 Å². The Kier molecular flexibility index (Phi) is 6.93. The number of hydrazine groups is 2. The number of alkyl halides is 3. The third-order valence-corrected chi connectivity index (χ3v) is 7.84. The lowest BCUT2D eigenvalue weighted by Gasteiger charge is -2.42. The van der Waals surface area contributed by atoms with E-state index in [-0.39, 0.29) is 28.6 Å². The van der Waals surface area contributed by atoms with Crippen LogP contribution in [0.1, 0.15) is 43.9 Å². The highest BCUT2D eigenvalue weighted by atomic mass is 35.5. The van der Waals surface area contributed by atoms with Crippen LogP contribution in [0.15, 0.2) is 36.4 Å². The van der Waals surface area contributed by atoms with E-state index < -0.39 is 17.8 Å². The molecule has 3 aliphatic heterocycles. The summed E-state index contributed by atoms with van der Waals surface area (Å²) < 4.78 is 41.6. The van der Waals surface area contributed by atoms with Crippen molar-refractivity contribution in [2.75, 3.05) is 48.6 Å². The van der Waals surface area contributed by atoms with E-state index in [1.165, 1.54) is 12.1 Å². The van der Waals surface area contributed by atoms with Gasteiger partial charge < -0.3 is 15.1 Å². The minimum atomic E-state index is -4.52. The first-order chi connectivity index (χ1) is 17.5. The van der Waals surface area contributed by atoms with Gasteiger partial charge in [0.2, 0.25) is 5.91 Å². The molecule has 0 radical (unpaired) electrons. The SMILES string of the molecule is CC1CN(c2ccc3c(c2)N(C(C)c2ccc(Cl)cc2C(F)(F)F)N(C)N3)CCN1C(=O)C1CCCN1. The molecule has 2 fully saturated rings. The Bertz CT molecular complexity index is 1170. The van der Waals surface area contributed by atoms with Gasteiger partial charge in [-0.15, -0.1) is 5.12 Å². The zero-order valence-corrected chi connectivity index (χ0v) is 21.9. The Morgan fingerprint density at radius 2 is 1.95 bits per heavy atom. The molecule has 2 N–H and O–H groups in total. The summed E-state index contributed by atoms with van der Waals surface area (Å²) in [6.45, 7) is 6.71. The molecule has 200 valence electrons. The van der Waals surface area contributed by atoms with Crippen molar-refractivity contribution >= 4 is 34.6 Å². The number of halogens is 4. The van der Waals surface area contributed by atoms with Crippen LogP contribution in [-0.2, 0) is 11.0 Å². The summed E-state index contributed by atoms with van der Waals surface area (Å²) in [4.78, 5) is 17.2. The van der Waals surface area contributed by atoms with Crippen LogP contribution in [0.25, 0.3) is 0 Å². The second-order valence-electron chi connectivity index (χ2n) is 10.1. The number of amides is 1. The van der Waals surface area contributed by atoms with Gasteiger partial charge in [0.1, 0.15) is 0 Å². The lowest BCUT2D eigenvalue weighted by Crippen LogP contribution is -2.57. The number of anilines is 3. The average Bonchev–Trinajstić information content (AvgIpc) is 3.49. The number of rotatable bonds is 4. The molecule has 3 aliphatic rings. The largest absolute Gasteiger partial charge is 0.416 e. The van der Waals surface area contributed by atoms with Crippen molar-refractivity contribution < 1.29 is 18.0 Å². The quantitative estimate of drug-likeness (QED) is 0.579. The molecular weight excluding hydrogens is 505 g/mol. The molecule has 37 heavy (non-hydrogen) atoms. The van der Waals surface area contributed by atoms with Crippen LogP contribution in [0, 0.1) is 0 Å². The summed E-state index contributed by atoms with van der Waals surface area (Å²) in [5, 5.41) is 6.88. The maximum Gasteiger partial charge on any atom is 0.416 e. The number of hydrogen-bond donors (Lipinski definition) is 2. The molecule has 3 atom stereocenters. The molecular formula is C26H32ClF3N6O. The third-order valence-electron chi connectivity index (χ3n) is 7.61. The van der Waals surface area contributed by atoms with Crippen LogP contribution in [0.3, 0.4) is 0 Å². The second kappa shape index (κ2) is 9.89. The van der Waals surface area contributed by atoms with Crippen LogP contribution < -0.4 is 20.7 Å². The third kappa shape index (κ3) is 4.94. The van der Waals surface area contributed by atoms with Gasteiger partial charge in [0.25, 0.3) is 0 Å². The van der Waals surface area contributed by atoms with E-state index >= 15 is 0 Å². The smallest absolute Gasteiger partial charge is 0.368 e. The Hall–Kier alpha value is -2.69. The Morgan fingerprint density at radius 1 is 1.16 bits per heavy atom. The van der Waals surface area contributed by atoms with Gasteiger partial charge in [0, 0.05) is 43.4 Å². The molecule has 11 heteroatoms. The fraction of sp³-hybridized carbons (Fsp3) is 0.500. The molecule has 0 bridgehead atoms. The number of carbonyl (C=O) groups is 1. The summed E-state index contributed by atoms with van der Waals surface area (Å²) in [5.74, 6) is 0.174. The molecule has 0 aromatic heterocycles. The van der Waals surface area contributed by atoms with E-state index in [0.717, 1.165) is 42.5 Å². The first-order valence-corrected chi connectivity index (χ1v) is 13.0. The van der Waals surface area contributed by atoms with E-state index in [1.54, 1.807) is 19.1 Å². The highest BCUT2D eigenvalue weighted by molar-refractivity contribution is 6.30. The van der Waals surface area contributed by atoms with E-state index in [9.17, 15) is 18.0 Å². The summed E-state index contributed by atoms with van der Waals surface area (Å²) in [6.07, 6.45) is -2.61. The predicted octanol–water partition coefficient (Wildman–Crippen LogP) is 4.90. The number of hydrogen-bond acceptors (Lipinski definition) is 6. The predicted molar refractivity (Wildman–Crippen MR) is 140 cm³/mol. The Balaban J connectivity index is 1.38. The van der Waals surface area contributed by atoms with Gasteiger partial charge in [-0.2, -0.15) is 13.2 Å². The Labute approximate surface area is 220 Å². The average molecular weight is 537 g/mol. The zero-order valence-electron chi connectivity index (χ0n) is 21.1. The molecule has 3 unspecified atom stereocenters. The summed E-state index contributed by atoms with van der Waals surface area (Å²) in [6, 6.07) is 9.25. The number of piperazine rings is 1. The van der Waals surface area contributed by atoms with Crippen molar-refractivity contribution in [3.63, 3.8) is 0 Å². The molecule has 7 nitrogen and oxygen atoms in total. The fourth-order valence-corrected chi connectivity index (χ4v) is 5.92. The maximum atomic E-state index is 13.9. The molecule has 2 aromatic rings. The lowest BCUT2D eigenvalue weighted by molar-refractivity contribution is -0.138. The van der Waals surface area contributed by atoms with E-state index in [2.05, 4.69) is 22.6 Å². The van der Waals surface area contributed by atoms with Gasteiger partial charge in [-0.3, -0.25) is 15.2 Å². The number of carbonyl (C=O) groups excluding carboxylic acids is 1. The van der Waals surface area contributed by atoms with Crippen LogP contribution in [0.2, 0.25) is 5.02 Å².